The van der Waals surface area contributed by atoms with Gasteiger partial charge in [0, 0.05) is 0 Å². The Bertz CT molecular complexity index is 469. The van der Waals surface area contributed by atoms with Crippen LogP contribution in [0.2, 0.25) is 0 Å². The predicted octanol–water partition coefficient (Wildman–Crippen LogP) is 8.58. The summed E-state index contributed by atoms with van der Waals surface area (Å²) in [6.07, 6.45) is 27.7. The molecule has 0 rings (SSSR count). The van der Waals surface area contributed by atoms with Crippen LogP contribution in [0.1, 0.15) is 162 Å². The van der Waals surface area contributed by atoms with Crippen LogP contribution in [0.5, 0.6) is 0 Å². The standard InChI is InChI=1S/C30H59NO4/c1-3-5-7-9-11-13-14-15-16-17-19-21-23-25-31-28(30(33)34)27-29(32)35-26-24-22-20-18-12-10-8-6-4-2/h28,31H,3-27H2,1-2H3,(H,33,34). The van der Waals surface area contributed by atoms with Crippen molar-refractivity contribution in [2.45, 2.75) is 168 Å². The van der Waals surface area contributed by atoms with Gasteiger partial charge in [-0.15, -0.1) is 0 Å². The summed E-state index contributed by atoms with van der Waals surface area (Å²) in [5.41, 5.74) is 0. The SMILES string of the molecule is CCCCCCCCCCCCCCCNC(CC(=O)OCCCCCCCCCCC)C(=O)O. The minimum atomic E-state index is -0.972. The lowest BCUT2D eigenvalue weighted by Crippen LogP contribution is -2.39. The van der Waals surface area contributed by atoms with Crippen molar-refractivity contribution in [1.82, 2.24) is 5.32 Å². The van der Waals surface area contributed by atoms with Gasteiger partial charge in [0.1, 0.15) is 6.04 Å². The molecule has 0 saturated heterocycles. The summed E-state index contributed by atoms with van der Waals surface area (Å²) in [5.74, 6) is -1.38. The van der Waals surface area contributed by atoms with Crippen LogP contribution in [-0.4, -0.2) is 36.2 Å². The van der Waals surface area contributed by atoms with Gasteiger partial charge in [-0.05, 0) is 19.4 Å². The van der Waals surface area contributed by atoms with E-state index in [2.05, 4.69) is 19.2 Å². The van der Waals surface area contributed by atoms with Crippen molar-refractivity contribution in [3.63, 3.8) is 0 Å². The van der Waals surface area contributed by atoms with Crippen molar-refractivity contribution < 1.29 is 19.4 Å². The van der Waals surface area contributed by atoms with E-state index in [1.165, 1.54) is 116 Å². The smallest absolute Gasteiger partial charge is 0.321 e. The van der Waals surface area contributed by atoms with Crippen LogP contribution >= 0.6 is 0 Å². The van der Waals surface area contributed by atoms with Crippen LogP contribution in [-0.2, 0) is 14.3 Å². The monoisotopic (exact) mass is 497 g/mol. The van der Waals surface area contributed by atoms with E-state index in [1.807, 2.05) is 0 Å². The molecule has 0 aromatic heterocycles. The van der Waals surface area contributed by atoms with Gasteiger partial charge >= 0.3 is 11.9 Å². The van der Waals surface area contributed by atoms with Crippen LogP contribution in [0.15, 0.2) is 0 Å². The average Bonchev–Trinajstić information content (AvgIpc) is 2.84. The normalized spacial score (nSPS) is 12.1. The van der Waals surface area contributed by atoms with Crippen molar-refractivity contribution in [3.8, 4) is 0 Å². The zero-order valence-electron chi connectivity index (χ0n) is 23.4. The van der Waals surface area contributed by atoms with Crippen molar-refractivity contribution in [3.05, 3.63) is 0 Å². The molecule has 208 valence electrons. The molecule has 0 bridgehead atoms. The second-order valence-electron chi connectivity index (χ2n) is 10.3. The third-order valence-corrected chi connectivity index (χ3v) is 6.85. The number of rotatable bonds is 28. The molecule has 1 atom stereocenters. The van der Waals surface area contributed by atoms with Gasteiger partial charge in [0.2, 0.25) is 0 Å². The molecule has 0 fully saturated rings. The molecule has 0 radical (unpaired) electrons. The lowest BCUT2D eigenvalue weighted by Gasteiger charge is -2.14. The summed E-state index contributed by atoms with van der Waals surface area (Å²) in [5, 5.41) is 12.4. The first-order chi connectivity index (χ1) is 17.1. The highest BCUT2D eigenvalue weighted by atomic mass is 16.5. The number of carboxylic acid groups (broad SMARTS) is 1. The Morgan fingerprint density at radius 3 is 1.37 bits per heavy atom. The van der Waals surface area contributed by atoms with E-state index >= 15 is 0 Å². The van der Waals surface area contributed by atoms with E-state index in [4.69, 9.17) is 4.74 Å². The predicted molar refractivity (Wildman–Crippen MR) is 148 cm³/mol. The Labute approximate surface area is 217 Å². The topological polar surface area (TPSA) is 75.6 Å². The third-order valence-electron chi connectivity index (χ3n) is 6.85. The zero-order chi connectivity index (χ0) is 25.8. The lowest BCUT2D eigenvalue weighted by molar-refractivity contribution is -0.149. The molecule has 0 saturated carbocycles. The Hall–Kier alpha value is -1.10. The Balaban J connectivity index is 3.56. The number of ether oxygens (including phenoxy) is 1. The van der Waals surface area contributed by atoms with Gasteiger partial charge in [0.25, 0.3) is 0 Å². The molecular formula is C30H59NO4. The molecule has 0 aromatic rings. The number of carboxylic acids is 1. The summed E-state index contributed by atoms with van der Waals surface area (Å²) in [7, 11) is 0. The van der Waals surface area contributed by atoms with E-state index in [1.54, 1.807) is 0 Å². The second-order valence-corrected chi connectivity index (χ2v) is 10.3. The van der Waals surface area contributed by atoms with Gasteiger partial charge in [0.15, 0.2) is 0 Å². The molecule has 35 heavy (non-hydrogen) atoms. The minimum absolute atomic E-state index is 0.0921. The number of hydrogen-bond acceptors (Lipinski definition) is 4. The van der Waals surface area contributed by atoms with Gasteiger partial charge in [-0.1, -0.05) is 142 Å². The summed E-state index contributed by atoms with van der Waals surface area (Å²) in [6, 6.07) is -0.844. The fourth-order valence-electron chi connectivity index (χ4n) is 4.49. The second kappa shape index (κ2) is 27.5. The number of carbonyl (C=O) groups is 2. The highest BCUT2D eigenvalue weighted by Crippen LogP contribution is 2.13. The number of aliphatic carboxylic acids is 1. The van der Waals surface area contributed by atoms with E-state index in [0.29, 0.717) is 13.2 Å². The van der Waals surface area contributed by atoms with Gasteiger partial charge in [0.05, 0.1) is 13.0 Å². The van der Waals surface area contributed by atoms with Crippen molar-refractivity contribution in [1.29, 1.82) is 0 Å². The van der Waals surface area contributed by atoms with Crippen LogP contribution < -0.4 is 5.32 Å². The first-order valence-corrected chi connectivity index (χ1v) is 15.2. The summed E-state index contributed by atoms with van der Waals surface area (Å²) in [4.78, 5) is 23.5. The highest BCUT2D eigenvalue weighted by Gasteiger charge is 2.21. The Kier molecular flexibility index (Phi) is 26.6. The third kappa shape index (κ3) is 25.8. The number of esters is 1. The largest absolute Gasteiger partial charge is 0.480 e. The molecule has 1 unspecified atom stereocenters. The van der Waals surface area contributed by atoms with Gasteiger partial charge in [-0.3, -0.25) is 9.59 Å². The maximum absolute atomic E-state index is 12.0. The van der Waals surface area contributed by atoms with Crippen LogP contribution in [0.3, 0.4) is 0 Å². The fraction of sp³-hybridized carbons (Fsp3) is 0.933. The molecule has 5 nitrogen and oxygen atoms in total. The molecule has 0 amide bonds. The van der Waals surface area contributed by atoms with Crippen LogP contribution in [0.25, 0.3) is 0 Å². The quantitative estimate of drug-likeness (QED) is 0.0836. The molecule has 5 heteroatoms. The molecule has 0 spiro atoms. The minimum Gasteiger partial charge on any atom is -0.480 e. The van der Waals surface area contributed by atoms with E-state index in [0.717, 1.165) is 25.7 Å². The maximum atomic E-state index is 12.0. The molecular weight excluding hydrogens is 438 g/mol. The fourth-order valence-corrected chi connectivity index (χ4v) is 4.49. The number of hydrogen-bond donors (Lipinski definition) is 2. The van der Waals surface area contributed by atoms with Gasteiger partial charge in [-0.25, -0.2) is 0 Å². The molecule has 0 aliphatic carbocycles. The first-order valence-electron chi connectivity index (χ1n) is 15.2. The zero-order valence-corrected chi connectivity index (χ0v) is 23.4. The Morgan fingerprint density at radius 2 is 0.971 bits per heavy atom. The van der Waals surface area contributed by atoms with Crippen molar-refractivity contribution >= 4 is 11.9 Å². The van der Waals surface area contributed by atoms with Crippen molar-refractivity contribution in [2.24, 2.45) is 0 Å². The molecule has 0 aliphatic rings. The number of nitrogens with one attached hydrogen (secondary N) is 1. The molecule has 0 aliphatic heterocycles. The summed E-state index contributed by atoms with van der Waals surface area (Å²) < 4.78 is 5.26. The van der Waals surface area contributed by atoms with Gasteiger partial charge in [-0.2, -0.15) is 0 Å². The summed E-state index contributed by atoms with van der Waals surface area (Å²) >= 11 is 0. The van der Waals surface area contributed by atoms with Crippen LogP contribution in [0, 0.1) is 0 Å². The Morgan fingerprint density at radius 1 is 0.600 bits per heavy atom. The molecule has 2 N–H and O–H groups in total. The maximum Gasteiger partial charge on any atom is 0.321 e. The van der Waals surface area contributed by atoms with E-state index < -0.39 is 18.0 Å². The van der Waals surface area contributed by atoms with Gasteiger partial charge < -0.3 is 15.2 Å². The highest BCUT2D eigenvalue weighted by molar-refractivity contribution is 5.81. The average molecular weight is 498 g/mol. The molecule has 0 aromatic carbocycles. The number of carbonyl (C=O) groups excluding carboxylic acids is 1. The first kappa shape index (κ1) is 33.9. The summed E-state index contributed by atoms with van der Waals surface area (Å²) in [6.45, 7) is 5.54. The van der Waals surface area contributed by atoms with E-state index in [-0.39, 0.29) is 6.42 Å². The van der Waals surface area contributed by atoms with E-state index in [9.17, 15) is 14.7 Å². The molecule has 0 heterocycles. The van der Waals surface area contributed by atoms with Crippen LogP contribution in [0.4, 0.5) is 0 Å². The number of unbranched alkanes of at least 4 members (excludes halogenated alkanes) is 20. The lowest BCUT2D eigenvalue weighted by atomic mass is 10.0. The van der Waals surface area contributed by atoms with Crippen molar-refractivity contribution in [2.75, 3.05) is 13.2 Å².